The zero-order valence-corrected chi connectivity index (χ0v) is 14.7. The maximum Gasteiger partial charge on any atom is 0.230 e. The van der Waals surface area contributed by atoms with Crippen molar-refractivity contribution >= 4 is 28.6 Å². The summed E-state index contributed by atoms with van der Waals surface area (Å²) >= 11 is 1.53. The van der Waals surface area contributed by atoms with E-state index in [0.29, 0.717) is 11.8 Å². The summed E-state index contributed by atoms with van der Waals surface area (Å²) < 4.78 is 0. The zero-order chi connectivity index (χ0) is 16.2. The van der Waals surface area contributed by atoms with Gasteiger partial charge in [0.05, 0.1) is 16.3 Å². The lowest BCUT2D eigenvalue weighted by Crippen LogP contribution is -2.37. The highest BCUT2D eigenvalue weighted by atomic mass is 32.2. The molecule has 0 saturated heterocycles. The third kappa shape index (κ3) is 4.05. The van der Waals surface area contributed by atoms with Crippen molar-refractivity contribution in [3.05, 3.63) is 35.4 Å². The predicted octanol–water partition coefficient (Wildman–Crippen LogP) is 4.39. The number of carbonyl (C=O) groups excluding carboxylic acids is 1. The minimum atomic E-state index is 0.131. The highest BCUT2D eigenvalue weighted by Crippen LogP contribution is 2.25. The van der Waals surface area contributed by atoms with Crippen molar-refractivity contribution < 1.29 is 4.79 Å². The molecule has 0 atom stereocenters. The summed E-state index contributed by atoms with van der Waals surface area (Å²) in [4.78, 5) is 16.9. The predicted molar refractivity (Wildman–Crippen MR) is 97.0 cm³/mol. The van der Waals surface area contributed by atoms with Crippen LogP contribution in [0.3, 0.4) is 0 Å². The van der Waals surface area contributed by atoms with Crippen molar-refractivity contribution in [1.82, 2.24) is 10.3 Å². The molecule has 1 N–H and O–H groups in total. The van der Waals surface area contributed by atoms with Gasteiger partial charge in [0.1, 0.15) is 0 Å². The number of hydrogen-bond acceptors (Lipinski definition) is 3. The average Bonchev–Trinajstić information content (AvgIpc) is 2.55. The molecule has 1 aromatic carbocycles. The molecule has 2 aromatic rings. The van der Waals surface area contributed by atoms with Crippen LogP contribution in [0.1, 0.15) is 43.2 Å². The Morgan fingerprint density at radius 2 is 2.00 bits per heavy atom. The number of amides is 1. The molecule has 1 heterocycles. The molecule has 1 amide bonds. The first-order valence-corrected chi connectivity index (χ1v) is 9.41. The summed E-state index contributed by atoms with van der Waals surface area (Å²) in [6.07, 6.45) is 6.04. The van der Waals surface area contributed by atoms with Crippen LogP contribution in [-0.2, 0) is 4.79 Å². The number of benzene rings is 1. The largest absolute Gasteiger partial charge is 0.353 e. The normalized spacial score (nSPS) is 15.7. The van der Waals surface area contributed by atoms with E-state index in [1.165, 1.54) is 47.5 Å². The van der Waals surface area contributed by atoms with Gasteiger partial charge in [-0.2, -0.15) is 0 Å². The molecule has 0 radical (unpaired) electrons. The van der Waals surface area contributed by atoms with Gasteiger partial charge in [0, 0.05) is 11.4 Å². The number of hydrogen-bond donors (Lipinski definition) is 1. The Bertz CT molecular complexity index is 708. The van der Waals surface area contributed by atoms with Crippen molar-refractivity contribution in [2.24, 2.45) is 0 Å². The number of aryl methyl sites for hydroxylation is 2. The fraction of sp³-hybridized carbons (Fsp3) is 0.474. The van der Waals surface area contributed by atoms with Crippen LogP contribution in [0.15, 0.2) is 29.3 Å². The van der Waals surface area contributed by atoms with Crippen molar-refractivity contribution in [3.8, 4) is 0 Å². The molecule has 1 aromatic heterocycles. The fourth-order valence-corrected chi connectivity index (χ4v) is 4.04. The first-order chi connectivity index (χ1) is 11.1. The van der Waals surface area contributed by atoms with E-state index in [2.05, 4.69) is 43.4 Å². The average molecular weight is 328 g/mol. The molecule has 0 spiro atoms. The third-order valence-corrected chi connectivity index (χ3v) is 5.46. The van der Waals surface area contributed by atoms with E-state index < -0.39 is 0 Å². The van der Waals surface area contributed by atoms with E-state index in [0.717, 1.165) is 23.4 Å². The third-order valence-electron chi connectivity index (χ3n) is 4.55. The van der Waals surface area contributed by atoms with Crippen LogP contribution >= 0.6 is 11.8 Å². The van der Waals surface area contributed by atoms with Crippen molar-refractivity contribution in [2.75, 3.05) is 5.75 Å². The van der Waals surface area contributed by atoms with Gasteiger partial charge in [0.2, 0.25) is 5.91 Å². The minimum Gasteiger partial charge on any atom is -0.353 e. The number of pyridine rings is 1. The molecule has 1 aliphatic rings. The standard InChI is InChI=1S/C19H24N2OS/c1-13-7-6-10-16-14(2)11-18(21-19(13)16)23-12-17(22)20-15-8-4-3-5-9-15/h6-7,10-11,15H,3-5,8-9,12H2,1-2H3,(H,20,22). The van der Waals surface area contributed by atoms with Crippen LogP contribution in [0, 0.1) is 13.8 Å². The number of para-hydroxylation sites is 1. The highest BCUT2D eigenvalue weighted by molar-refractivity contribution is 7.99. The van der Waals surface area contributed by atoms with E-state index in [-0.39, 0.29) is 5.91 Å². The van der Waals surface area contributed by atoms with E-state index in [1.807, 2.05) is 0 Å². The second-order valence-electron chi connectivity index (χ2n) is 6.44. The Morgan fingerprint density at radius 3 is 2.78 bits per heavy atom. The number of nitrogens with zero attached hydrogens (tertiary/aromatic N) is 1. The van der Waals surface area contributed by atoms with Crippen molar-refractivity contribution in [3.63, 3.8) is 0 Å². The first-order valence-electron chi connectivity index (χ1n) is 8.42. The van der Waals surface area contributed by atoms with Gasteiger partial charge in [-0.15, -0.1) is 0 Å². The van der Waals surface area contributed by atoms with Crippen LogP contribution in [0.2, 0.25) is 0 Å². The van der Waals surface area contributed by atoms with E-state index in [1.54, 1.807) is 0 Å². The minimum absolute atomic E-state index is 0.131. The van der Waals surface area contributed by atoms with Crippen molar-refractivity contribution in [2.45, 2.75) is 57.0 Å². The Morgan fingerprint density at radius 1 is 1.22 bits per heavy atom. The molecular weight excluding hydrogens is 304 g/mol. The molecule has 0 unspecified atom stereocenters. The van der Waals surface area contributed by atoms with Crippen LogP contribution in [0.25, 0.3) is 10.9 Å². The Balaban J connectivity index is 1.64. The van der Waals surface area contributed by atoms with Gasteiger partial charge in [-0.25, -0.2) is 4.98 Å². The Kier molecular flexibility index (Phi) is 5.21. The molecule has 1 fully saturated rings. The van der Waals surface area contributed by atoms with Crippen LogP contribution in [0.4, 0.5) is 0 Å². The number of rotatable bonds is 4. The van der Waals surface area contributed by atoms with Crippen LogP contribution in [0.5, 0.6) is 0 Å². The highest BCUT2D eigenvalue weighted by Gasteiger charge is 2.16. The summed E-state index contributed by atoms with van der Waals surface area (Å²) in [5, 5.41) is 5.29. The zero-order valence-electron chi connectivity index (χ0n) is 13.9. The van der Waals surface area contributed by atoms with Crippen LogP contribution < -0.4 is 5.32 Å². The Hall–Kier alpha value is -1.55. The monoisotopic (exact) mass is 328 g/mol. The summed E-state index contributed by atoms with van der Waals surface area (Å²) in [7, 11) is 0. The van der Waals surface area contributed by atoms with Gasteiger partial charge < -0.3 is 5.32 Å². The maximum absolute atomic E-state index is 12.1. The number of nitrogens with one attached hydrogen (secondary N) is 1. The molecule has 4 heteroatoms. The van der Waals surface area contributed by atoms with E-state index in [9.17, 15) is 4.79 Å². The molecule has 3 nitrogen and oxygen atoms in total. The molecular formula is C19H24N2OS. The number of thioether (sulfide) groups is 1. The summed E-state index contributed by atoms with van der Waals surface area (Å²) in [6, 6.07) is 8.72. The summed E-state index contributed by atoms with van der Waals surface area (Å²) in [5.74, 6) is 0.576. The molecule has 0 aliphatic heterocycles. The van der Waals surface area contributed by atoms with E-state index >= 15 is 0 Å². The molecule has 0 bridgehead atoms. The van der Waals surface area contributed by atoms with Gasteiger partial charge in [-0.1, -0.05) is 49.2 Å². The number of carbonyl (C=O) groups is 1. The second-order valence-corrected chi connectivity index (χ2v) is 7.44. The lowest BCUT2D eigenvalue weighted by molar-refractivity contribution is -0.119. The lowest BCUT2D eigenvalue weighted by atomic mass is 9.95. The molecule has 3 rings (SSSR count). The number of aromatic nitrogens is 1. The number of fused-ring (bicyclic) bond motifs is 1. The van der Waals surface area contributed by atoms with Gasteiger partial charge in [0.25, 0.3) is 0 Å². The lowest BCUT2D eigenvalue weighted by Gasteiger charge is -2.22. The maximum atomic E-state index is 12.1. The van der Waals surface area contributed by atoms with Crippen LogP contribution in [-0.4, -0.2) is 22.7 Å². The van der Waals surface area contributed by atoms with Gasteiger partial charge >= 0.3 is 0 Å². The summed E-state index contributed by atoms with van der Waals surface area (Å²) in [6.45, 7) is 4.19. The Labute approximate surface area is 142 Å². The smallest absolute Gasteiger partial charge is 0.230 e. The fourth-order valence-electron chi connectivity index (χ4n) is 3.26. The molecule has 23 heavy (non-hydrogen) atoms. The van der Waals surface area contributed by atoms with Gasteiger partial charge in [-0.05, 0) is 43.9 Å². The second kappa shape index (κ2) is 7.35. The molecule has 122 valence electrons. The SMILES string of the molecule is Cc1cc(SCC(=O)NC2CCCCC2)nc2c(C)cccc12. The first kappa shape index (κ1) is 16.3. The quantitative estimate of drug-likeness (QED) is 0.846. The van der Waals surface area contributed by atoms with Gasteiger partial charge in [-0.3, -0.25) is 4.79 Å². The van der Waals surface area contributed by atoms with E-state index in [4.69, 9.17) is 4.98 Å². The molecule has 1 saturated carbocycles. The molecule has 1 aliphatic carbocycles. The topological polar surface area (TPSA) is 42.0 Å². The summed E-state index contributed by atoms with van der Waals surface area (Å²) in [5.41, 5.74) is 3.44. The van der Waals surface area contributed by atoms with Crippen molar-refractivity contribution in [1.29, 1.82) is 0 Å². The van der Waals surface area contributed by atoms with Gasteiger partial charge in [0.15, 0.2) is 0 Å².